The summed E-state index contributed by atoms with van der Waals surface area (Å²) in [5.41, 5.74) is 1.88. The van der Waals surface area contributed by atoms with E-state index < -0.39 is 0 Å². The first-order valence-electron chi connectivity index (χ1n) is 8.61. The minimum Gasteiger partial charge on any atom is -0.484 e. The van der Waals surface area contributed by atoms with Gasteiger partial charge in [-0.3, -0.25) is 9.59 Å². The molecular weight excluding hydrogens is 396 g/mol. The monoisotopic (exact) mass is 416 g/mol. The lowest BCUT2D eigenvalue weighted by Crippen LogP contribution is -2.31. The molecule has 0 unspecified atom stereocenters. The third-order valence-corrected chi connectivity index (χ3v) is 5.06. The van der Waals surface area contributed by atoms with Crippen molar-refractivity contribution < 1.29 is 14.3 Å². The second-order valence-electron chi connectivity index (χ2n) is 6.24. The molecule has 2 aromatic carbocycles. The van der Waals surface area contributed by atoms with Crippen molar-refractivity contribution in [2.24, 2.45) is 0 Å². The highest BCUT2D eigenvalue weighted by Gasteiger charge is 2.21. The highest BCUT2D eigenvalue weighted by molar-refractivity contribution is 9.10. The fourth-order valence-corrected chi connectivity index (χ4v) is 3.61. The molecule has 0 spiro atoms. The van der Waals surface area contributed by atoms with E-state index >= 15 is 0 Å². The molecule has 0 radical (unpaired) electrons. The van der Waals surface area contributed by atoms with Crippen LogP contribution in [-0.2, 0) is 9.59 Å². The molecule has 6 heteroatoms. The Morgan fingerprint density at radius 1 is 1.23 bits per heavy atom. The van der Waals surface area contributed by atoms with E-state index in [4.69, 9.17) is 4.74 Å². The number of nitrogens with one attached hydrogen (secondary N) is 1. The summed E-state index contributed by atoms with van der Waals surface area (Å²) in [6.07, 6.45) is 1.50. The number of halogens is 1. The third-order valence-electron chi connectivity index (χ3n) is 4.34. The van der Waals surface area contributed by atoms with Crippen LogP contribution in [0.4, 0.5) is 5.69 Å². The molecule has 0 aliphatic carbocycles. The van der Waals surface area contributed by atoms with Crippen molar-refractivity contribution in [2.45, 2.75) is 25.8 Å². The zero-order valence-electron chi connectivity index (χ0n) is 14.6. The minimum absolute atomic E-state index is 0.0587. The molecule has 5 nitrogen and oxygen atoms in total. The van der Waals surface area contributed by atoms with E-state index in [-0.39, 0.29) is 24.5 Å². The Labute approximate surface area is 161 Å². The summed E-state index contributed by atoms with van der Waals surface area (Å²) >= 11 is 3.49. The molecule has 0 bridgehead atoms. The van der Waals surface area contributed by atoms with Crippen molar-refractivity contribution in [3.8, 4) is 5.75 Å². The van der Waals surface area contributed by atoms with Crippen LogP contribution >= 0.6 is 15.9 Å². The van der Waals surface area contributed by atoms with Gasteiger partial charge in [0.15, 0.2) is 6.61 Å². The van der Waals surface area contributed by atoms with E-state index in [0.29, 0.717) is 12.2 Å². The van der Waals surface area contributed by atoms with Gasteiger partial charge in [0.25, 0.3) is 5.91 Å². The number of nitrogens with zero attached hydrogens (tertiary/aromatic N) is 1. The van der Waals surface area contributed by atoms with Crippen LogP contribution in [0.5, 0.6) is 5.75 Å². The number of hydrogen-bond acceptors (Lipinski definition) is 3. The Morgan fingerprint density at radius 3 is 2.62 bits per heavy atom. The number of benzene rings is 2. The summed E-state index contributed by atoms with van der Waals surface area (Å²) in [6, 6.07) is 14.9. The van der Waals surface area contributed by atoms with Gasteiger partial charge < -0.3 is 15.0 Å². The predicted molar refractivity (Wildman–Crippen MR) is 104 cm³/mol. The van der Waals surface area contributed by atoms with E-state index in [0.717, 1.165) is 28.7 Å². The maximum absolute atomic E-state index is 12.1. The summed E-state index contributed by atoms with van der Waals surface area (Å²) in [4.78, 5) is 25.7. The number of hydrogen-bond donors (Lipinski definition) is 1. The number of carbonyl (C=O) groups excluding carboxylic acids is 2. The molecule has 1 saturated heterocycles. The van der Waals surface area contributed by atoms with Crippen LogP contribution in [0, 0.1) is 0 Å². The van der Waals surface area contributed by atoms with Gasteiger partial charge in [0.2, 0.25) is 5.91 Å². The molecule has 1 fully saturated rings. The molecule has 1 atom stereocenters. The van der Waals surface area contributed by atoms with Crippen LogP contribution in [0.2, 0.25) is 0 Å². The average molecular weight is 417 g/mol. The molecule has 136 valence electrons. The second kappa shape index (κ2) is 8.36. The quantitative estimate of drug-likeness (QED) is 0.777. The Hall–Kier alpha value is -2.34. The van der Waals surface area contributed by atoms with Gasteiger partial charge in [-0.05, 0) is 49.2 Å². The summed E-state index contributed by atoms with van der Waals surface area (Å²) in [5.74, 6) is 0.565. The Balaban J connectivity index is 1.51. The van der Waals surface area contributed by atoms with E-state index in [2.05, 4.69) is 21.2 Å². The van der Waals surface area contributed by atoms with Gasteiger partial charge in [-0.1, -0.05) is 34.1 Å². The summed E-state index contributed by atoms with van der Waals surface area (Å²) < 4.78 is 6.51. The molecule has 26 heavy (non-hydrogen) atoms. The summed E-state index contributed by atoms with van der Waals surface area (Å²) in [5, 5.41) is 2.92. The van der Waals surface area contributed by atoms with Crippen molar-refractivity contribution in [2.75, 3.05) is 18.1 Å². The maximum atomic E-state index is 12.1. The van der Waals surface area contributed by atoms with Crippen LogP contribution < -0.4 is 15.0 Å². The van der Waals surface area contributed by atoms with Crippen LogP contribution in [-0.4, -0.2) is 25.0 Å². The van der Waals surface area contributed by atoms with Crippen molar-refractivity contribution >= 4 is 33.4 Å². The van der Waals surface area contributed by atoms with E-state index in [9.17, 15) is 9.59 Å². The fraction of sp³-hybridized carbons (Fsp3) is 0.300. The Morgan fingerprint density at radius 2 is 1.96 bits per heavy atom. The zero-order valence-corrected chi connectivity index (χ0v) is 16.2. The van der Waals surface area contributed by atoms with Crippen LogP contribution in [0.1, 0.15) is 31.4 Å². The third kappa shape index (κ3) is 4.43. The molecule has 1 N–H and O–H groups in total. The molecule has 0 saturated carbocycles. The summed E-state index contributed by atoms with van der Waals surface area (Å²) in [7, 11) is 0. The van der Waals surface area contributed by atoms with Crippen LogP contribution in [0.15, 0.2) is 53.0 Å². The molecule has 2 amide bonds. The van der Waals surface area contributed by atoms with Gasteiger partial charge in [0.05, 0.1) is 6.04 Å². The van der Waals surface area contributed by atoms with Gasteiger partial charge in [-0.2, -0.15) is 0 Å². The number of ether oxygens (including phenoxy) is 1. The average Bonchev–Trinajstić information content (AvgIpc) is 3.06. The van der Waals surface area contributed by atoms with Gasteiger partial charge in [-0.15, -0.1) is 0 Å². The fourth-order valence-electron chi connectivity index (χ4n) is 2.98. The first-order chi connectivity index (χ1) is 12.5. The normalized spacial score (nSPS) is 15.0. The molecule has 3 rings (SSSR count). The lowest BCUT2D eigenvalue weighted by Gasteiger charge is -2.17. The van der Waals surface area contributed by atoms with Gasteiger partial charge >= 0.3 is 0 Å². The van der Waals surface area contributed by atoms with Gasteiger partial charge in [-0.25, -0.2) is 0 Å². The topological polar surface area (TPSA) is 58.6 Å². The smallest absolute Gasteiger partial charge is 0.258 e. The molecule has 2 aromatic rings. The number of rotatable bonds is 6. The first kappa shape index (κ1) is 18.5. The Bertz CT molecular complexity index is 792. The molecule has 1 aliphatic heterocycles. The second-order valence-corrected chi connectivity index (χ2v) is 7.10. The molecule has 1 aliphatic rings. The minimum atomic E-state index is -0.188. The van der Waals surface area contributed by atoms with E-state index in [1.54, 1.807) is 17.0 Å². The highest BCUT2D eigenvalue weighted by Crippen LogP contribution is 2.24. The number of anilines is 1. The highest BCUT2D eigenvalue weighted by atomic mass is 79.9. The maximum Gasteiger partial charge on any atom is 0.258 e. The molecule has 1 heterocycles. The largest absolute Gasteiger partial charge is 0.484 e. The van der Waals surface area contributed by atoms with Crippen molar-refractivity contribution in [1.82, 2.24) is 5.32 Å². The summed E-state index contributed by atoms with van der Waals surface area (Å²) in [6.45, 7) is 2.63. The van der Waals surface area contributed by atoms with Crippen molar-refractivity contribution in [3.63, 3.8) is 0 Å². The molecule has 0 aromatic heterocycles. The number of carbonyl (C=O) groups is 2. The van der Waals surface area contributed by atoms with Crippen molar-refractivity contribution in [3.05, 3.63) is 58.6 Å². The Kier molecular flexibility index (Phi) is 5.93. The SMILES string of the molecule is C[C@H](NC(=O)COc1ccc(N2CCCC2=O)cc1)c1ccccc1Br. The van der Waals surface area contributed by atoms with Gasteiger partial charge in [0.1, 0.15) is 5.75 Å². The lowest BCUT2D eigenvalue weighted by atomic mass is 10.1. The van der Waals surface area contributed by atoms with E-state index in [1.807, 2.05) is 43.3 Å². The van der Waals surface area contributed by atoms with Crippen LogP contribution in [0.25, 0.3) is 0 Å². The lowest BCUT2D eigenvalue weighted by molar-refractivity contribution is -0.123. The zero-order chi connectivity index (χ0) is 18.5. The molecular formula is C20H21BrN2O3. The van der Waals surface area contributed by atoms with Crippen molar-refractivity contribution in [1.29, 1.82) is 0 Å². The van der Waals surface area contributed by atoms with Crippen LogP contribution in [0.3, 0.4) is 0 Å². The van der Waals surface area contributed by atoms with Gasteiger partial charge in [0, 0.05) is 23.1 Å². The first-order valence-corrected chi connectivity index (χ1v) is 9.41. The number of amides is 2. The standard InChI is InChI=1S/C20H21BrN2O3/c1-14(17-5-2-3-6-18(17)21)22-19(24)13-26-16-10-8-15(9-11-16)23-12-4-7-20(23)25/h2-3,5-6,8-11,14H,4,7,12-13H2,1H3,(H,22,24)/t14-/m0/s1. The van der Waals surface area contributed by atoms with E-state index in [1.165, 1.54) is 0 Å². The predicted octanol–water partition coefficient (Wildman–Crippen LogP) is 3.83.